The van der Waals surface area contributed by atoms with Crippen LogP contribution in [0.25, 0.3) is 10.8 Å². The predicted molar refractivity (Wildman–Crippen MR) is 104 cm³/mol. The van der Waals surface area contributed by atoms with Gasteiger partial charge in [-0.2, -0.15) is 0 Å². The van der Waals surface area contributed by atoms with Gasteiger partial charge in [0.15, 0.2) is 0 Å². The Labute approximate surface area is 150 Å². The van der Waals surface area contributed by atoms with E-state index in [-0.39, 0.29) is 11.3 Å². The lowest BCUT2D eigenvalue weighted by atomic mass is 9.75. The van der Waals surface area contributed by atoms with E-state index in [1.54, 1.807) is 0 Å². The van der Waals surface area contributed by atoms with Crippen molar-refractivity contribution in [2.24, 2.45) is 11.3 Å². The molecule has 1 saturated carbocycles. The molecule has 3 rings (SSSR count). The summed E-state index contributed by atoms with van der Waals surface area (Å²) in [5.41, 5.74) is 0.635. The first-order valence-electron chi connectivity index (χ1n) is 9.46. The van der Waals surface area contributed by atoms with Gasteiger partial charge < -0.3 is 10.1 Å². The number of anilines is 1. The van der Waals surface area contributed by atoms with Gasteiger partial charge in [-0.3, -0.25) is 4.79 Å². The zero-order chi connectivity index (χ0) is 17.9. The average Bonchev–Trinajstić information content (AvgIpc) is 2.61. The first kappa shape index (κ1) is 17.8. The zero-order valence-corrected chi connectivity index (χ0v) is 15.6. The van der Waals surface area contributed by atoms with Crippen molar-refractivity contribution in [2.75, 3.05) is 11.9 Å². The minimum absolute atomic E-state index is 0.146. The van der Waals surface area contributed by atoms with Gasteiger partial charge in [0.25, 0.3) is 0 Å². The predicted octanol–water partition coefficient (Wildman–Crippen LogP) is 5.78. The fraction of sp³-hybridized carbons (Fsp3) is 0.500. The third kappa shape index (κ3) is 3.97. The van der Waals surface area contributed by atoms with Crippen molar-refractivity contribution in [1.82, 2.24) is 0 Å². The Bertz CT molecular complexity index is 745. The molecule has 1 fully saturated rings. The molecule has 1 aliphatic rings. The molecule has 0 bridgehead atoms. The zero-order valence-electron chi connectivity index (χ0n) is 15.6. The summed E-state index contributed by atoms with van der Waals surface area (Å²) in [4.78, 5) is 12.9. The van der Waals surface area contributed by atoms with Crippen LogP contribution in [0, 0.1) is 11.3 Å². The Morgan fingerprint density at radius 2 is 1.76 bits per heavy atom. The Kier molecular flexibility index (Phi) is 5.31. The summed E-state index contributed by atoms with van der Waals surface area (Å²) in [6, 6.07) is 12.1. The highest BCUT2D eigenvalue weighted by atomic mass is 16.5. The highest BCUT2D eigenvalue weighted by molar-refractivity contribution is 6.05. The smallest absolute Gasteiger partial charge is 0.230 e. The number of ether oxygens (including phenoxy) is 1. The Morgan fingerprint density at radius 3 is 2.44 bits per heavy atom. The highest BCUT2D eigenvalue weighted by Gasteiger charge is 2.34. The molecule has 0 spiro atoms. The van der Waals surface area contributed by atoms with E-state index in [1.807, 2.05) is 24.3 Å². The van der Waals surface area contributed by atoms with Crippen LogP contribution < -0.4 is 10.1 Å². The molecular formula is C22H29NO2. The molecule has 134 valence electrons. The van der Waals surface area contributed by atoms with Crippen LogP contribution in [-0.2, 0) is 4.79 Å². The van der Waals surface area contributed by atoms with Crippen molar-refractivity contribution in [2.45, 2.75) is 52.9 Å². The van der Waals surface area contributed by atoms with Crippen molar-refractivity contribution in [3.05, 3.63) is 36.4 Å². The quantitative estimate of drug-likeness (QED) is 0.749. The summed E-state index contributed by atoms with van der Waals surface area (Å²) in [6.45, 7) is 7.07. The minimum Gasteiger partial charge on any atom is -0.493 e. The second-order valence-electron chi connectivity index (χ2n) is 7.94. The van der Waals surface area contributed by atoms with E-state index in [9.17, 15) is 4.79 Å². The molecule has 25 heavy (non-hydrogen) atoms. The highest BCUT2D eigenvalue weighted by Crippen LogP contribution is 2.38. The Balaban J connectivity index is 1.87. The number of carbonyl (C=O) groups is 1. The maximum atomic E-state index is 12.9. The van der Waals surface area contributed by atoms with Gasteiger partial charge in [0.05, 0.1) is 6.61 Å². The van der Waals surface area contributed by atoms with E-state index in [2.05, 4.69) is 38.2 Å². The van der Waals surface area contributed by atoms with Crippen LogP contribution >= 0.6 is 0 Å². The average molecular weight is 339 g/mol. The summed E-state index contributed by atoms with van der Waals surface area (Å²) in [5.74, 6) is 1.50. The molecule has 3 nitrogen and oxygen atoms in total. The number of hydrogen-bond acceptors (Lipinski definition) is 2. The van der Waals surface area contributed by atoms with Gasteiger partial charge in [0.2, 0.25) is 5.91 Å². The minimum atomic E-state index is -0.244. The lowest BCUT2D eigenvalue weighted by molar-refractivity contribution is -0.126. The van der Waals surface area contributed by atoms with Gasteiger partial charge in [-0.25, -0.2) is 0 Å². The molecule has 0 saturated heterocycles. The number of benzene rings is 2. The first-order valence-corrected chi connectivity index (χ1v) is 9.46. The van der Waals surface area contributed by atoms with Gasteiger partial charge in [-0.1, -0.05) is 64.3 Å². The van der Waals surface area contributed by atoms with Crippen LogP contribution in [-0.4, -0.2) is 12.5 Å². The Morgan fingerprint density at radius 1 is 1.08 bits per heavy atom. The maximum absolute atomic E-state index is 12.9. The van der Waals surface area contributed by atoms with Gasteiger partial charge in [0, 0.05) is 21.9 Å². The molecule has 3 heteroatoms. The molecule has 0 aromatic heterocycles. The van der Waals surface area contributed by atoms with E-state index in [0.29, 0.717) is 12.5 Å². The van der Waals surface area contributed by atoms with Crippen LogP contribution in [0.3, 0.4) is 0 Å². The van der Waals surface area contributed by atoms with Crippen molar-refractivity contribution < 1.29 is 9.53 Å². The maximum Gasteiger partial charge on any atom is 0.230 e. The Hall–Kier alpha value is -2.03. The SMILES string of the molecule is CC(C)COc1ccc(NC(=O)C2(C)CCCCC2)c2ccccc12. The number of carbonyl (C=O) groups excluding carboxylic acids is 1. The van der Waals surface area contributed by atoms with Crippen molar-refractivity contribution >= 4 is 22.4 Å². The summed E-state index contributed by atoms with van der Waals surface area (Å²) < 4.78 is 5.96. The monoisotopic (exact) mass is 339 g/mol. The third-order valence-corrected chi connectivity index (χ3v) is 5.21. The molecule has 1 amide bonds. The lowest BCUT2D eigenvalue weighted by Gasteiger charge is -2.32. The van der Waals surface area contributed by atoms with Gasteiger partial charge >= 0.3 is 0 Å². The summed E-state index contributed by atoms with van der Waals surface area (Å²) in [5, 5.41) is 5.28. The van der Waals surface area contributed by atoms with Gasteiger partial charge in [-0.15, -0.1) is 0 Å². The molecule has 1 N–H and O–H groups in total. The fourth-order valence-electron chi connectivity index (χ4n) is 3.60. The van der Waals surface area contributed by atoms with Gasteiger partial charge in [-0.05, 0) is 30.9 Å². The van der Waals surface area contributed by atoms with E-state index in [4.69, 9.17) is 4.74 Å². The molecule has 1 aliphatic carbocycles. The molecule has 0 aliphatic heterocycles. The summed E-state index contributed by atoms with van der Waals surface area (Å²) in [7, 11) is 0. The molecule has 2 aromatic rings. The van der Waals surface area contributed by atoms with Crippen LogP contribution in [0.2, 0.25) is 0 Å². The van der Waals surface area contributed by atoms with Crippen molar-refractivity contribution in [3.8, 4) is 5.75 Å². The number of fused-ring (bicyclic) bond motifs is 1. The van der Waals surface area contributed by atoms with Crippen molar-refractivity contribution in [1.29, 1.82) is 0 Å². The third-order valence-electron chi connectivity index (χ3n) is 5.21. The number of hydrogen-bond donors (Lipinski definition) is 1. The van der Waals surface area contributed by atoms with E-state index in [1.165, 1.54) is 6.42 Å². The number of rotatable bonds is 5. The lowest BCUT2D eigenvalue weighted by Crippen LogP contribution is -2.35. The normalized spacial score (nSPS) is 16.8. The number of amides is 1. The fourth-order valence-corrected chi connectivity index (χ4v) is 3.60. The van der Waals surface area contributed by atoms with Crippen LogP contribution in [0.15, 0.2) is 36.4 Å². The summed E-state index contributed by atoms with van der Waals surface area (Å²) >= 11 is 0. The van der Waals surface area contributed by atoms with E-state index < -0.39 is 0 Å². The van der Waals surface area contributed by atoms with E-state index in [0.717, 1.165) is 47.9 Å². The second-order valence-corrected chi connectivity index (χ2v) is 7.94. The largest absolute Gasteiger partial charge is 0.493 e. The van der Waals surface area contributed by atoms with Gasteiger partial charge in [0.1, 0.15) is 5.75 Å². The summed E-state index contributed by atoms with van der Waals surface area (Å²) in [6.07, 6.45) is 5.49. The molecule has 0 atom stereocenters. The second kappa shape index (κ2) is 7.47. The van der Waals surface area contributed by atoms with Crippen LogP contribution in [0.1, 0.15) is 52.9 Å². The molecule has 0 radical (unpaired) electrons. The number of nitrogens with one attached hydrogen (secondary N) is 1. The molecule has 0 unspecified atom stereocenters. The topological polar surface area (TPSA) is 38.3 Å². The first-order chi connectivity index (χ1) is 12.0. The van der Waals surface area contributed by atoms with Crippen LogP contribution in [0.4, 0.5) is 5.69 Å². The van der Waals surface area contributed by atoms with Crippen LogP contribution in [0.5, 0.6) is 5.75 Å². The molecular weight excluding hydrogens is 310 g/mol. The molecule has 2 aromatic carbocycles. The standard InChI is InChI=1S/C22H29NO2/c1-16(2)15-25-20-12-11-19(17-9-5-6-10-18(17)20)23-21(24)22(3)13-7-4-8-14-22/h5-6,9-12,16H,4,7-8,13-15H2,1-3H3,(H,23,24). The molecule has 0 heterocycles. The van der Waals surface area contributed by atoms with E-state index >= 15 is 0 Å². The van der Waals surface area contributed by atoms with Crippen molar-refractivity contribution in [3.63, 3.8) is 0 Å².